The zero-order valence-electron chi connectivity index (χ0n) is 9.32. The van der Waals surface area contributed by atoms with E-state index < -0.39 is 11.9 Å². The highest BCUT2D eigenvalue weighted by Gasteiger charge is 2.33. The van der Waals surface area contributed by atoms with Crippen LogP contribution in [0.25, 0.3) is 0 Å². The normalized spacial score (nSPS) is 21.1. The van der Waals surface area contributed by atoms with Gasteiger partial charge in [0, 0.05) is 13.1 Å². The van der Waals surface area contributed by atoms with E-state index in [1.165, 1.54) is 6.07 Å². The lowest BCUT2D eigenvalue weighted by atomic mass is 10.3. The Morgan fingerprint density at radius 1 is 1.39 bits per heavy atom. The summed E-state index contributed by atoms with van der Waals surface area (Å²) >= 11 is 5.68. The number of halogens is 4. The standard InChI is InChI=1S/C10H11ClF3N3O/c11-5-7-6-17(3-4-18-7)9-2-1-8(15-16-9)10(12,13)14/h1-2,7H,3-6H2. The first-order chi connectivity index (χ1) is 8.50. The Morgan fingerprint density at radius 2 is 2.17 bits per heavy atom. The van der Waals surface area contributed by atoms with E-state index in [1.807, 2.05) is 4.90 Å². The van der Waals surface area contributed by atoms with Crippen molar-refractivity contribution in [1.82, 2.24) is 10.2 Å². The fourth-order valence-electron chi connectivity index (χ4n) is 1.67. The third-order valence-electron chi connectivity index (χ3n) is 2.58. The Kier molecular flexibility index (Phi) is 3.91. The number of anilines is 1. The summed E-state index contributed by atoms with van der Waals surface area (Å²) in [7, 11) is 0. The molecule has 1 unspecified atom stereocenters. The lowest BCUT2D eigenvalue weighted by molar-refractivity contribution is -0.141. The van der Waals surface area contributed by atoms with E-state index in [4.69, 9.17) is 16.3 Å². The number of hydrogen-bond donors (Lipinski definition) is 0. The van der Waals surface area contributed by atoms with Gasteiger partial charge < -0.3 is 9.64 Å². The molecule has 0 radical (unpaired) electrons. The van der Waals surface area contributed by atoms with Crippen LogP contribution < -0.4 is 4.90 Å². The smallest absolute Gasteiger partial charge is 0.373 e. The fraction of sp³-hybridized carbons (Fsp3) is 0.600. The van der Waals surface area contributed by atoms with Gasteiger partial charge in [-0.15, -0.1) is 21.8 Å². The highest BCUT2D eigenvalue weighted by Crippen LogP contribution is 2.27. The van der Waals surface area contributed by atoms with Gasteiger partial charge in [-0.25, -0.2) is 0 Å². The van der Waals surface area contributed by atoms with Crippen LogP contribution in [0.1, 0.15) is 5.69 Å². The summed E-state index contributed by atoms with van der Waals surface area (Å²) in [5.74, 6) is 0.742. The molecule has 1 fully saturated rings. The molecule has 0 bridgehead atoms. The summed E-state index contributed by atoms with van der Waals surface area (Å²) in [5.41, 5.74) is -0.992. The van der Waals surface area contributed by atoms with Crippen molar-refractivity contribution in [3.05, 3.63) is 17.8 Å². The SMILES string of the molecule is FC(F)(F)c1ccc(N2CCOC(CCl)C2)nn1. The highest BCUT2D eigenvalue weighted by atomic mass is 35.5. The monoisotopic (exact) mass is 281 g/mol. The second-order valence-electron chi connectivity index (χ2n) is 3.87. The summed E-state index contributed by atoms with van der Waals surface area (Å²) in [5, 5.41) is 6.78. The average Bonchev–Trinajstić information content (AvgIpc) is 2.38. The molecule has 1 saturated heterocycles. The molecule has 0 spiro atoms. The van der Waals surface area contributed by atoms with E-state index in [0.717, 1.165) is 6.07 Å². The van der Waals surface area contributed by atoms with Crippen LogP contribution in [-0.4, -0.2) is 41.9 Å². The highest BCUT2D eigenvalue weighted by molar-refractivity contribution is 6.18. The third kappa shape index (κ3) is 3.02. The van der Waals surface area contributed by atoms with Crippen molar-refractivity contribution in [3.63, 3.8) is 0 Å². The maximum Gasteiger partial charge on any atom is 0.435 e. The molecule has 0 amide bonds. The molecule has 0 aromatic carbocycles. The molecule has 1 aliphatic heterocycles. The van der Waals surface area contributed by atoms with Gasteiger partial charge in [-0.05, 0) is 12.1 Å². The molecule has 2 rings (SSSR count). The molecular formula is C10H11ClF3N3O. The van der Waals surface area contributed by atoms with Gasteiger partial charge in [-0.1, -0.05) is 0 Å². The summed E-state index contributed by atoms with van der Waals surface area (Å²) in [6, 6.07) is 2.24. The van der Waals surface area contributed by atoms with Crippen LogP contribution in [0.5, 0.6) is 0 Å². The molecule has 0 N–H and O–H groups in total. The van der Waals surface area contributed by atoms with Crippen molar-refractivity contribution in [2.75, 3.05) is 30.5 Å². The summed E-state index contributed by atoms with van der Waals surface area (Å²) in [4.78, 5) is 1.81. The number of alkyl halides is 4. The van der Waals surface area contributed by atoms with Gasteiger partial charge in [0.1, 0.15) is 0 Å². The van der Waals surface area contributed by atoms with E-state index >= 15 is 0 Å². The number of rotatable bonds is 2. The third-order valence-corrected chi connectivity index (χ3v) is 2.92. The molecular weight excluding hydrogens is 271 g/mol. The summed E-state index contributed by atoms with van der Waals surface area (Å²) < 4.78 is 42.3. The number of aromatic nitrogens is 2. The minimum Gasteiger partial charge on any atom is -0.373 e. The largest absolute Gasteiger partial charge is 0.435 e. The van der Waals surface area contributed by atoms with E-state index in [9.17, 15) is 13.2 Å². The molecule has 1 aromatic heterocycles. The van der Waals surface area contributed by atoms with Crippen molar-refractivity contribution in [3.8, 4) is 0 Å². The van der Waals surface area contributed by atoms with Crippen LogP contribution in [0.15, 0.2) is 12.1 Å². The van der Waals surface area contributed by atoms with Gasteiger partial charge in [0.25, 0.3) is 0 Å². The van der Waals surface area contributed by atoms with Gasteiger partial charge >= 0.3 is 6.18 Å². The maximum atomic E-state index is 12.3. The molecule has 1 aliphatic rings. The summed E-state index contributed by atoms with van der Waals surface area (Å²) in [6.07, 6.45) is -4.60. The quantitative estimate of drug-likeness (QED) is 0.777. The lowest BCUT2D eigenvalue weighted by Gasteiger charge is -2.32. The number of ether oxygens (including phenoxy) is 1. The van der Waals surface area contributed by atoms with Crippen LogP contribution >= 0.6 is 11.6 Å². The number of hydrogen-bond acceptors (Lipinski definition) is 4. The Morgan fingerprint density at radius 3 is 2.72 bits per heavy atom. The Balaban J connectivity index is 2.09. The van der Waals surface area contributed by atoms with E-state index in [2.05, 4.69) is 10.2 Å². The molecule has 8 heteroatoms. The predicted octanol–water partition coefficient (Wildman–Crippen LogP) is 1.94. The first kappa shape index (κ1) is 13.4. The number of nitrogens with zero attached hydrogens (tertiary/aromatic N) is 3. The second kappa shape index (κ2) is 5.27. The van der Waals surface area contributed by atoms with Gasteiger partial charge in [-0.3, -0.25) is 0 Å². The van der Waals surface area contributed by atoms with Gasteiger partial charge in [0.15, 0.2) is 11.5 Å². The van der Waals surface area contributed by atoms with Gasteiger partial charge in [0.2, 0.25) is 0 Å². The predicted molar refractivity (Wildman–Crippen MR) is 59.7 cm³/mol. The van der Waals surface area contributed by atoms with Crippen molar-refractivity contribution in [2.45, 2.75) is 12.3 Å². The van der Waals surface area contributed by atoms with E-state index in [0.29, 0.717) is 31.4 Å². The molecule has 2 heterocycles. The second-order valence-corrected chi connectivity index (χ2v) is 4.18. The topological polar surface area (TPSA) is 38.2 Å². The van der Waals surface area contributed by atoms with Gasteiger partial charge in [-0.2, -0.15) is 13.2 Å². The molecule has 0 aliphatic carbocycles. The molecule has 18 heavy (non-hydrogen) atoms. The molecule has 0 saturated carbocycles. The molecule has 1 aromatic rings. The zero-order valence-corrected chi connectivity index (χ0v) is 10.1. The first-order valence-corrected chi connectivity index (χ1v) is 5.87. The van der Waals surface area contributed by atoms with Gasteiger partial charge in [0.05, 0.1) is 18.6 Å². The van der Waals surface area contributed by atoms with Crippen molar-refractivity contribution < 1.29 is 17.9 Å². The molecule has 100 valence electrons. The fourth-order valence-corrected chi connectivity index (χ4v) is 1.85. The lowest BCUT2D eigenvalue weighted by Crippen LogP contribution is -2.43. The van der Waals surface area contributed by atoms with Crippen molar-refractivity contribution in [2.24, 2.45) is 0 Å². The van der Waals surface area contributed by atoms with Crippen LogP contribution in [0.3, 0.4) is 0 Å². The van der Waals surface area contributed by atoms with E-state index in [-0.39, 0.29) is 6.10 Å². The summed E-state index contributed by atoms with van der Waals surface area (Å²) in [6.45, 7) is 1.54. The molecule has 4 nitrogen and oxygen atoms in total. The van der Waals surface area contributed by atoms with Crippen molar-refractivity contribution in [1.29, 1.82) is 0 Å². The minimum atomic E-state index is -4.46. The number of morpholine rings is 1. The minimum absolute atomic E-state index is 0.135. The first-order valence-electron chi connectivity index (χ1n) is 5.34. The zero-order chi connectivity index (χ0) is 13.2. The van der Waals surface area contributed by atoms with E-state index in [1.54, 1.807) is 0 Å². The average molecular weight is 282 g/mol. The maximum absolute atomic E-state index is 12.3. The van der Waals surface area contributed by atoms with Crippen LogP contribution in [0, 0.1) is 0 Å². The molecule has 1 atom stereocenters. The van der Waals surface area contributed by atoms with Crippen LogP contribution in [0.2, 0.25) is 0 Å². The van der Waals surface area contributed by atoms with Crippen LogP contribution in [0.4, 0.5) is 19.0 Å². The van der Waals surface area contributed by atoms with Crippen LogP contribution in [-0.2, 0) is 10.9 Å². The Hall–Kier alpha value is -1.08. The Bertz CT molecular complexity index is 398. The van der Waals surface area contributed by atoms with Crippen molar-refractivity contribution >= 4 is 17.4 Å². The Labute approximate surface area is 107 Å².